The van der Waals surface area contributed by atoms with Crippen molar-refractivity contribution in [1.29, 1.82) is 0 Å². The van der Waals surface area contributed by atoms with Gasteiger partial charge in [0.1, 0.15) is 0 Å². The SMILES string of the molecule is CC(C1CC1)C(N)c1ccc2c(c1)C(=O)NCC2. The predicted octanol–water partition coefficient (Wildman–Crippen LogP) is 2.02. The highest BCUT2D eigenvalue weighted by Crippen LogP contribution is 2.41. The molecule has 3 N–H and O–H groups in total. The molecule has 18 heavy (non-hydrogen) atoms. The van der Waals surface area contributed by atoms with Gasteiger partial charge in [0.25, 0.3) is 5.91 Å². The highest BCUT2D eigenvalue weighted by atomic mass is 16.1. The minimum Gasteiger partial charge on any atom is -0.352 e. The van der Waals surface area contributed by atoms with Crippen molar-refractivity contribution >= 4 is 5.91 Å². The Labute approximate surface area is 108 Å². The Morgan fingerprint density at radius 1 is 1.39 bits per heavy atom. The standard InChI is InChI=1S/C15H20N2O/c1-9(10-2-3-10)14(16)12-5-4-11-6-7-17-15(18)13(11)8-12/h4-5,8-10,14H,2-3,6-7,16H2,1H3,(H,17,18). The van der Waals surface area contributed by atoms with Crippen molar-refractivity contribution < 1.29 is 4.79 Å². The molecule has 2 atom stereocenters. The maximum Gasteiger partial charge on any atom is 0.251 e. The Morgan fingerprint density at radius 3 is 2.89 bits per heavy atom. The van der Waals surface area contributed by atoms with Crippen molar-refractivity contribution in [2.75, 3.05) is 6.54 Å². The van der Waals surface area contributed by atoms with E-state index in [4.69, 9.17) is 5.73 Å². The normalized spacial score (nSPS) is 22.0. The number of nitrogens with one attached hydrogen (secondary N) is 1. The first-order valence-corrected chi connectivity index (χ1v) is 6.83. The second-order valence-corrected chi connectivity index (χ2v) is 5.64. The lowest BCUT2D eigenvalue weighted by atomic mass is 9.88. The molecule has 2 aliphatic rings. The summed E-state index contributed by atoms with van der Waals surface area (Å²) in [4.78, 5) is 11.8. The van der Waals surface area contributed by atoms with Gasteiger partial charge in [0.15, 0.2) is 0 Å². The van der Waals surface area contributed by atoms with Gasteiger partial charge >= 0.3 is 0 Å². The van der Waals surface area contributed by atoms with Crippen LogP contribution in [0.3, 0.4) is 0 Å². The van der Waals surface area contributed by atoms with Gasteiger partial charge < -0.3 is 11.1 Å². The van der Waals surface area contributed by atoms with Crippen LogP contribution in [0.5, 0.6) is 0 Å². The van der Waals surface area contributed by atoms with Crippen LogP contribution in [-0.2, 0) is 6.42 Å². The molecule has 0 bridgehead atoms. The van der Waals surface area contributed by atoms with Gasteiger partial charge in [0.05, 0.1) is 0 Å². The van der Waals surface area contributed by atoms with Crippen LogP contribution < -0.4 is 11.1 Å². The highest BCUT2D eigenvalue weighted by molar-refractivity contribution is 5.96. The quantitative estimate of drug-likeness (QED) is 0.854. The Kier molecular flexibility index (Phi) is 2.86. The van der Waals surface area contributed by atoms with Crippen LogP contribution >= 0.6 is 0 Å². The summed E-state index contributed by atoms with van der Waals surface area (Å²) in [5, 5.41) is 2.89. The van der Waals surface area contributed by atoms with Gasteiger partial charge in [-0.05, 0) is 48.3 Å². The highest BCUT2D eigenvalue weighted by Gasteiger charge is 2.32. The van der Waals surface area contributed by atoms with Crippen molar-refractivity contribution in [3.05, 3.63) is 34.9 Å². The first-order valence-electron chi connectivity index (χ1n) is 6.83. The average Bonchev–Trinajstić information content (AvgIpc) is 3.21. The van der Waals surface area contributed by atoms with E-state index in [1.807, 2.05) is 6.07 Å². The minimum atomic E-state index is 0.0457. The van der Waals surface area contributed by atoms with E-state index < -0.39 is 0 Å². The van der Waals surface area contributed by atoms with Gasteiger partial charge in [-0.25, -0.2) is 0 Å². The fourth-order valence-electron chi connectivity index (χ4n) is 2.86. The number of nitrogens with two attached hydrogens (primary N) is 1. The Hall–Kier alpha value is -1.35. The molecule has 0 aromatic heterocycles. The molecule has 3 heteroatoms. The molecule has 1 aliphatic heterocycles. The molecule has 0 spiro atoms. The van der Waals surface area contributed by atoms with E-state index in [1.165, 1.54) is 12.8 Å². The van der Waals surface area contributed by atoms with Crippen LogP contribution in [0.15, 0.2) is 18.2 Å². The van der Waals surface area contributed by atoms with Gasteiger partial charge in [0.2, 0.25) is 0 Å². The van der Waals surface area contributed by atoms with E-state index in [0.29, 0.717) is 5.92 Å². The number of benzene rings is 1. The maximum atomic E-state index is 11.8. The summed E-state index contributed by atoms with van der Waals surface area (Å²) in [6.07, 6.45) is 3.54. The van der Waals surface area contributed by atoms with Crippen molar-refractivity contribution in [3.8, 4) is 0 Å². The molecule has 1 aliphatic carbocycles. The zero-order valence-corrected chi connectivity index (χ0v) is 10.8. The molecule has 2 unspecified atom stereocenters. The van der Waals surface area contributed by atoms with Gasteiger partial charge in [-0.1, -0.05) is 19.1 Å². The second kappa shape index (κ2) is 4.39. The molecule has 3 nitrogen and oxygen atoms in total. The van der Waals surface area contributed by atoms with Gasteiger partial charge in [0, 0.05) is 18.2 Å². The smallest absolute Gasteiger partial charge is 0.251 e. The average molecular weight is 244 g/mol. The van der Waals surface area contributed by atoms with Gasteiger partial charge in [-0.3, -0.25) is 4.79 Å². The molecular formula is C15H20N2O. The zero-order chi connectivity index (χ0) is 12.7. The van der Waals surface area contributed by atoms with E-state index in [-0.39, 0.29) is 11.9 Å². The number of carbonyl (C=O) groups excluding carboxylic acids is 1. The molecule has 0 saturated heterocycles. The number of amides is 1. The van der Waals surface area contributed by atoms with Crippen molar-refractivity contribution in [2.24, 2.45) is 17.6 Å². The van der Waals surface area contributed by atoms with Crippen molar-refractivity contribution in [3.63, 3.8) is 0 Å². The molecule has 0 radical (unpaired) electrons. The molecule has 96 valence electrons. The predicted molar refractivity (Wildman–Crippen MR) is 71.3 cm³/mol. The van der Waals surface area contributed by atoms with E-state index in [2.05, 4.69) is 24.4 Å². The summed E-state index contributed by atoms with van der Waals surface area (Å²) in [5.41, 5.74) is 9.39. The second-order valence-electron chi connectivity index (χ2n) is 5.64. The molecule has 1 aromatic rings. The van der Waals surface area contributed by atoms with Crippen LogP contribution in [0.2, 0.25) is 0 Å². The van der Waals surface area contributed by atoms with Gasteiger partial charge in [-0.15, -0.1) is 0 Å². The number of hydrogen-bond acceptors (Lipinski definition) is 2. The molecule has 1 saturated carbocycles. The lowest BCUT2D eigenvalue weighted by Gasteiger charge is -2.23. The van der Waals surface area contributed by atoms with E-state index in [1.54, 1.807) is 0 Å². The summed E-state index contributed by atoms with van der Waals surface area (Å²) in [6.45, 7) is 2.97. The lowest BCUT2D eigenvalue weighted by molar-refractivity contribution is 0.0946. The van der Waals surface area contributed by atoms with Crippen molar-refractivity contribution in [2.45, 2.75) is 32.2 Å². The molecule has 3 rings (SSSR count). The van der Waals surface area contributed by atoms with Gasteiger partial charge in [-0.2, -0.15) is 0 Å². The summed E-state index contributed by atoms with van der Waals surface area (Å²) >= 11 is 0. The monoisotopic (exact) mass is 244 g/mol. The van der Waals surface area contributed by atoms with Crippen LogP contribution in [0.1, 0.15) is 47.3 Å². The maximum absolute atomic E-state index is 11.8. The lowest BCUT2D eigenvalue weighted by Crippen LogP contribution is -2.32. The zero-order valence-electron chi connectivity index (χ0n) is 10.8. The minimum absolute atomic E-state index is 0.0457. The molecule has 1 heterocycles. The van der Waals surface area contributed by atoms with E-state index in [9.17, 15) is 4.79 Å². The summed E-state index contributed by atoms with van der Waals surface area (Å²) in [7, 11) is 0. The fraction of sp³-hybridized carbons (Fsp3) is 0.533. The van der Waals surface area contributed by atoms with Crippen LogP contribution in [0, 0.1) is 11.8 Å². The number of hydrogen-bond donors (Lipinski definition) is 2. The van der Waals surface area contributed by atoms with Crippen LogP contribution in [0.4, 0.5) is 0 Å². The van der Waals surface area contributed by atoms with E-state index >= 15 is 0 Å². The third-order valence-electron chi connectivity index (χ3n) is 4.38. The Morgan fingerprint density at radius 2 is 2.17 bits per heavy atom. The first-order chi connectivity index (χ1) is 8.66. The van der Waals surface area contributed by atoms with Crippen molar-refractivity contribution in [1.82, 2.24) is 5.32 Å². The molecule has 1 amide bonds. The summed E-state index contributed by atoms with van der Waals surface area (Å²) in [6, 6.07) is 6.22. The Bertz CT molecular complexity index is 479. The third kappa shape index (κ3) is 2.03. The first kappa shape index (κ1) is 11.7. The Balaban J connectivity index is 1.88. The topological polar surface area (TPSA) is 55.1 Å². The van der Waals surface area contributed by atoms with E-state index in [0.717, 1.165) is 35.6 Å². The number of rotatable bonds is 3. The molecular weight excluding hydrogens is 224 g/mol. The number of carbonyl (C=O) groups is 1. The third-order valence-corrected chi connectivity index (χ3v) is 4.38. The van der Waals surface area contributed by atoms with Crippen LogP contribution in [-0.4, -0.2) is 12.5 Å². The largest absolute Gasteiger partial charge is 0.352 e. The summed E-state index contributed by atoms with van der Waals surface area (Å²) in [5.74, 6) is 1.34. The molecule has 1 aromatic carbocycles. The fourth-order valence-corrected chi connectivity index (χ4v) is 2.86. The van der Waals surface area contributed by atoms with Crippen LogP contribution in [0.25, 0.3) is 0 Å². The molecule has 1 fully saturated rings. The number of fused-ring (bicyclic) bond motifs is 1. The summed E-state index contributed by atoms with van der Waals surface area (Å²) < 4.78 is 0.